The van der Waals surface area contributed by atoms with E-state index in [9.17, 15) is 5.11 Å². The molecule has 0 saturated carbocycles. The maximum Gasteiger partial charge on any atom is 0.0386 e. The van der Waals surface area contributed by atoms with Crippen molar-refractivity contribution in [2.45, 2.75) is 19.3 Å². The van der Waals surface area contributed by atoms with Crippen molar-refractivity contribution >= 4 is 11.6 Å². The van der Waals surface area contributed by atoms with E-state index in [1.54, 1.807) is 0 Å². The van der Waals surface area contributed by atoms with Crippen LogP contribution in [0.3, 0.4) is 0 Å². The van der Waals surface area contributed by atoms with E-state index in [2.05, 4.69) is 0 Å². The molecule has 0 N–H and O–H groups in total. The molecule has 0 amide bonds. The van der Waals surface area contributed by atoms with Crippen LogP contribution in [0.2, 0.25) is 0 Å². The summed E-state index contributed by atoms with van der Waals surface area (Å²) in [6.07, 6.45) is 5.66. The summed E-state index contributed by atoms with van der Waals surface area (Å²) in [6.45, 7) is 0. The van der Waals surface area contributed by atoms with E-state index in [4.69, 9.17) is 11.6 Å². The molecular weight excluding hydrogens is 136 g/mol. The zero-order valence-corrected chi connectivity index (χ0v) is 5.82. The van der Waals surface area contributed by atoms with Crippen LogP contribution in [0, 0.1) is 0 Å². The van der Waals surface area contributed by atoms with E-state index in [0.717, 1.165) is 31.1 Å². The summed E-state index contributed by atoms with van der Waals surface area (Å²) < 4.78 is 0. The molecule has 0 atom stereocenters. The van der Waals surface area contributed by atoms with E-state index in [1.165, 1.54) is 0 Å². The summed E-state index contributed by atoms with van der Waals surface area (Å²) in [5.74, 6) is 0. The third kappa shape index (κ3) is 1.49. The van der Waals surface area contributed by atoms with Crippen LogP contribution in [0.4, 0.5) is 0 Å². The minimum atomic E-state index is 0.649. The minimum Gasteiger partial charge on any atom is -0.878 e. The van der Waals surface area contributed by atoms with E-state index >= 15 is 0 Å². The molecule has 1 rings (SSSR count). The van der Waals surface area contributed by atoms with Gasteiger partial charge in [0.25, 0.3) is 0 Å². The SMILES string of the molecule is [O-]/C=C1\CCCC=C1Cl. The van der Waals surface area contributed by atoms with Crippen molar-refractivity contribution in [3.63, 3.8) is 0 Å². The molecule has 0 radical (unpaired) electrons. The van der Waals surface area contributed by atoms with Crippen LogP contribution >= 0.6 is 11.6 Å². The van der Waals surface area contributed by atoms with Gasteiger partial charge in [-0.1, -0.05) is 17.7 Å². The molecule has 0 saturated heterocycles. The number of rotatable bonds is 0. The predicted molar refractivity (Wildman–Crippen MR) is 35.9 cm³/mol. The first-order valence-electron chi connectivity index (χ1n) is 3.01. The molecule has 50 valence electrons. The van der Waals surface area contributed by atoms with Gasteiger partial charge in [0.05, 0.1) is 0 Å². The lowest BCUT2D eigenvalue weighted by atomic mass is 10.0. The molecule has 0 aliphatic heterocycles. The lowest BCUT2D eigenvalue weighted by Gasteiger charge is -2.12. The Labute approximate surface area is 59.6 Å². The van der Waals surface area contributed by atoms with Crippen LogP contribution in [0.5, 0.6) is 0 Å². The second-order valence-electron chi connectivity index (χ2n) is 2.09. The molecule has 0 bridgehead atoms. The summed E-state index contributed by atoms with van der Waals surface area (Å²) in [6, 6.07) is 0. The van der Waals surface area contributed by atoms with Crippen LogP contribution in [-0.4, -0.2) is 0 Å². The van der Waals surface area contributed by atoms with Gasteiger partial charge in [0.1, 0.15) is 0 Å². The van der Waals surface area contributed by atoms with Crippen LogP contribution < -0.4 is 5.11 Å². The molecule has 1 aliphatic rings. The molecule has 1 aliphatic carbocycles. The lowest BCUT2D eigenvalue weighted by Crippen LogP contribution is -1.97. The monoisotopic (exact) mass is 143 g/mol. The van der Waals surface area contributed by atoms with Gasteiger partial charge in [-0.15, -0.1) is 6.26 Å². The van der Waals surface area contributed by atoms with Gasteiger partial charge in [-0.25, -0.2) is 0 Å². The largest absolute Gasteiger partial charge is 0.878 e. The first kappa shape index (κ1) is 6.69. The molecule has 0 heterocycles. The predicted octanol–water partition coefficient (Wildman–Crippen LogP) is 1.54. The third-order valence-electron chi connectivity index (χ3n) is 1.42. The van der Waals surface area contributed by atoms with E-state index in [1.807, 2.05) is 6.08 Å². The highest BCUT2D eigenvalue weighted by Gasteiger charge is 2.03. The maximum atomic E-state index is 10.2. The van der Waals surface area contributed by atoms with Crippen molar-refractivity contribution in [2.24, 2.45) is 0 Å². The Morgan fingerprint density at radius 1 is 1.67 bits per heavy atom. The number of allylic oxidation sites excluding steroid dienone is 3. The second-order valence-corrected chi connectivity index (χ2v) is 2.49. The summed E-state index contributed by atoms with van der Waals surface area (Å²) >= 11 is 5.68. The van der Waals surface area contributed by atoms with Gasteiger partial charge in [-0.3, -0.25) is 0 Å². The summed E-state index contributed by atoms with van der Waals surface area (Å²) in [5, 5.41) is 10.9. The minimum absolute atomic E-state index is 0.649. The molecule has 0 unspecified atom stereocenters. The average Bonchev–Trinajstić information content (AvgIpc) is 1.89. The average molecular weight is 144 g/mol. The van der Waals surface area contributed by atoms with Crippen molar-refractivity contribution in [2.75, 3.05) is 0 Å². The molecular formula is C7H8ClO-. The highest BCUT2D eigenvalue weighted by atomic mass is 35.5. The zero-order valence-electron chi connectivity index (χ0n) is 5.06. The van der Waals surface area contributed by atoms with Gasteiger partial charge in [0, 0.05) is 5.03 Å². The molecule has 0 aromatic heterocycles. The van der Waals surface area contributed by atoms with Crippen molar-refractivity contribution < 1.29 is 5.11 Å². The highest BCUT2D eigenvalue weighted by molar-refractivity contribution is 6.32. The zero-order chi connectivity index (χ0) is 6.69. The van der Waals surface area contributed by atoms with Crippen molar-refractivity contribution in [3.05, 3.63) is 22.9 Å². The van der Waals surface area contributed by atoms with Crippen molar-refractivity contribution in [1.82, 2.24) is 0 Å². The van der Waals surface area contributed by atoms with E-state index in [-0.39, 0.29) is 0 Å². The maximum absolute atomic E-state index is 10.2. The summed E-state index contributed by atoms with van der Waals surface area (Å²) in [5.41, 5.74) is 0.753. The fourth-order valence-corrected chi connectivity index (χ4v) is 1.14. The highest BCUT2D eigenvalue weighted by Crippen LogP contribution is 2.25. The molecule has 0 fully saturated rings. The number of hydrogen-bond acceptors (Lipinski definition) is 1. The smallest absolute Gasteiger partial charge is 0.0386 e. The van der Waals surface area contributed by atoms with Gasteiger partial charge >= 0.3 is 0 Å². The van der Waals surface area contributed by atoms with Gasteiger partial charge in [0.15, 0.2) is 0 Å². The van der Waals surface area contributed by atoms with Crippen LogP contribution in [0.25, 0.3) is 0 Å². The van der Waals surface area contributed by atoms with Crippen LogP contribution in [0.15, 0.2) is 22.9 Å². The van der Waals surface area contributed by atoms with Gasteiger partial charge in [-0.2, -0.15) is 0 Å². The first-order valence-corrected chi connectivity index (χ1v) is 3.39. The molecule has 0 spiro atoms. The molecule has 0 aromatic rings. The Balaban J connectivity index is 2.73. The first-order chi connectivity index (χ1) is 4.34. The van der Waals surface area contributed by atoms with Crippen LogP contribution in [0.1, 0.15) is 19.3 Å². The number of hydrogen-bond donors (Lipinski definition) is 0. The third-order valence-corrected chi connectivity index (χ3v) is 1.82. The molecule has 9 heavy (non-hydrogen) atoms. The van der Waals surface area contributed by atoms with E-state index < -0.39 is 0 Å². The fourth-order valence-electron chi connectivity index (χ4n) is 0.887. The number of halogens is 1. The normalized spacial score (nSPS) is 24.1. The van der Waals surface area contributed by atoms with Gasteiger partial charge in [0.2, 0.25) is 0 Å². The Hall–Kier alpha value is -0.430. The van der Waals surface area contributed by atoms with Crippen molar-refractivity contribution in [1.29, 1.82) is 0 Å². The second kappa shape index (κ2) is 2.92. The quantitative estimate of drug-likeness (QED) is 0.472. The lowest BCUT2D eigenvalue weighted by molar-refractivity contribution is -0.276. The summed E-state index contributed by atoms with van der Waals surface area (Å²) in [4.78, 5) is 0. The Bertz CT molecular complexity index is 158. The Kier molecular flexibility index (Phi) is 2.17. The molecule has 0 aromatic carbocycles. The van der Waals surface area contributed by atoms with Gasteiger partial charge in [-0.05, 0) is 24.8 Å². The topological polar surface area (TPSA) is 23.1 Å². The fraction of sp³-hybridized carbons (Fsp3) is 0.429. The van der Waals surface area contributed by atoms with Gasteiger partial charge < -0.3 is 5.11 Å². The standard InChI is InChI=1S/C7H9ClO/c8-7-4-2-1-3-6(7)5-9/h4-5,9H,1-3H2/p-1/b6-5+. The molecule has 2 heteroatoms. The van der Waals surface area contributed by atoms with Crippen LogP contribution in [-0.2, 0) is 0 Å². The molecule has 1 nitrogen and oxygen atoms in total. The van der Waals surface area contributed by atoms with E-state index in [0.29, 0.717) is 5.03 Å². The Morgan fingerprint density at radius 2 is 2.44 bits per heavy atom. The summed E-state index contributed by atoms with van der Waals surface area (Å²) in [7, 11) is 0. The van der Waals surface area contributed by atoms with Crippen molar-refractivity contribution in [3.8, 4) is 0 Å². The Morgan fingerprint density at radius 3 is 2.89 bits per heavy atom.